The molecule has 0 saturated carbocycles. The molecule has 1 N–H and O–H groups in total. The van der Waals surface area contributed by atoms with Crippen molar-refractivity contribution in [3.05, 3.63) is 36.0 Å². The molecule has 0 saturated heterocycles. The molecule has 0 fully saturated rings. The van der Waals surface area contributed by atoms with Crippen molar-refractivity contribution >= 4 is 56.4 Å². The van der Waals surface area contributed by atoms with Crippen molar-refractivity contribution in [1.29, 1.82) is 0 Å². The third-order valence-electron chi connectivity index (χ3n) is 5.77. The van der Waals surface area contributed by atoms with Gasteiger partial charge in [0.2, 0.25) is 0 Å². The van der Waals surface area contributed by atoms with E-state index in [0.29, 0.717) is 6.61 Å². The molecule has 1 heterocycles. The van der Waals surface area contributed by atoms with E-state index in [-0.39, 0.29) is 6.42 Å². The number of oxime groups is 1. The number of ether oxygens (including phenoxy) is 1. The first-order chi connectivity index (χ1) is 19.2. The Hall–Kier alpha value is -1.59. The standard InChI is InChI=1S/C29H54N2O7Si4/c1-33-31-20-25(35-27(32)18-22-19-30-24-17-15-14-16-23(22)24)28(37-41(8,9)10)29(38-42(11,12)13)26(36-40(5,6)7)21-34-39(2,3)4/h14-17,19-20,25-26,28-30H,18,21H2,1-13H3/b31-20+/t25-,26+,28+,29+/m0/s1. The summed E-state index contributed by atoms with van der Waals surface area (Å²) >= 11 is 0. The van der Waals surface area contributed by atoms with Gasteiger partial charge in [0.05, 0.1) is 25.3 Å². The number of nitrogens with one attached hydrogen (secondary N) is 1. The molecular weight excluding hydrogens is 601 g/mol. The van der Waals surface area contributed by atoms with Crippen LogP contribution in [0.2, 0.25) is 78.6 Å². The maximum Gasteiger partial charge on any atom is 0.311 e. The SMILES string of the molecule is CO/N=C/[C@H](OC(=O)Cc1c[nH]c2ccccc12)[C@@H](O[Si](C)(C)C)[C@H](O[Si](C)(C)C)[C@@H](CO[Si](C)(C)C)O[Si](C)(C)C. The van der Waals surface area contributed by atoms with E-state index in [1.165, 1.54) is 13.3 Å². The largest absolute Gasteiger partial charge is 0.453 e. The first-order valence-corrected chi connectivity index (χ1v) is 28.3. The molecule has 0 aliphatic carbocycles. The van der Waals surface area contributed by atoms with Crippen LogP contribution in [0.4, 0.5) is 0 Å². The molecule has 0 unspecified atom stereocenters. The number of benzene rings is 1. The van der Waals surface area contributed by atoms with E-state index in [1.54, 1.807) is 0 Å². The van der Waals surface area contributed by atoms with Gasteiger partial charge in [0.1, 0.15) is 19.3 Å². The van der Waals surface area contributed by atoms with E-state index >= 15 is 0 Å². The predicted molar refractivity (Wildman–Crippen MR) is 181 cm³/mol. The lowest BCUT2D eigenvalue weighted by Gasteiger charge is -2.43. The van der Waals surface area contributed by atoms with E-state index in [9.17, 15) is 4.79 Å². The molecular formula is C29H54N2O7Si4. The Morgan fingerprint density at radius 2 is 1.40 bits per heavy atom. The number of hydrogen-bond acceptors (Lipinski definition) is 8. The summed E-state index contributed by atoms with van der Waals surface area (Å²) in [5.74, 6) is -0.399. The molecule has 0 bridgehead atoms. The van der Waals surface area contributed by atoms with Gasteiger partial charge in [0.15, 0.2) is 39.4 Å². The van der Waals surface area contributed by atoms with E-state index in [1.807, 2.05) is 30.5 Å². The lowest BCUT2D eigenvalue weighted by Crippen LogP contribution is -2.59. The number of para-hydroxylation sites is 1. The van der Waals surface area contributed by atoms with Gasteiger partial charge < -0.3 is 32.3 Å². The quantitative estimate of drug-likeness (QED) is 0.0870. The van der Waals surface area contributed by atoms with Gasteiger partial charge in [-0.2, -0.15) is 0 Å². The summed E-state index contributed by atoms with van der Waals surface area (Å²) in [7, 11) is -6.87. The summed E-state index contributed by atoms with van der Waals surface area (Å²) in [6.45, 7) is 26.0. The fraction of sp³-hybridized carbons (Fsp3) is 0.655. The number of H-pyrrole nitrogens is 1. The lowest BCUT2D eigenvalue weighted by molar-refractivity contribution is -0.154. The predicted octanol–water partition coefficient (Wildman–Crippen LogP) is 6.77. The number of carbonyl (C=O) groups is 1. The average molecular weight is 655 g/mol. The maximum atomic E-state index is 13.5. The molecule has 238 valence electrons. The van der Waals surface area contributed by atoms with Gasteiger partial charge in [-0.1, -0.05) is 23.4 Å². The van der Waals surface area contributed by atoms with Crippen LogP contribution in [0.25, 0.3) is 10.9 Å². The average Bonchev–Trinajstić information content (AvgIpc) is 3.22. The lowest BCUT2D eigenvalue weighted by atomic mass is 10.0. The van der Waals surface area contributed by atoms with E-state index in [4.69, 9.17) is 27.3 Å². The van der Waals surface area contributed by atoms with Crippen molar-refractivity contribution in [3.8, 4) is 0 Å². The van der Waals surface area contributed by atoms with Crippen LogP contribution in [0.5, 0.6) is 0 Å². The van der Waals surface area contributed by atoms with E-state index in [0.717, 1.165) is 16.5 Å². The summed E-state index contributed by atoms with van der Waals surface area (Å²) in [5, 5.41) is 5.03. The number of aromatic amines is 1. The van der Waals surface area contributed by atoms with Crippen molar-refractivity contribution in [2.75, 3.05) is 13.7 Å². The molecule has 2 rings (SSSR count). The normalized spacial score (nSPS) is 16.4. The molecule has 0 spiro atoms. The maximum absolute atomic E-state index is 13.5. The Morgan fingerprint density at radius 3 is 1.95 bits per heavy atom. The monoisotopic (exact) mass is 654 g/mol. The van der Waals surface area contributed by atoms with Gasteiger partial charge in [-0.15, -0.1) is 0 Å². The van der Waals surface area contributed by atoms with Crippen molar-refractivity contribution in [1.82, 2.24) is 4.98 Å². The van der Waals surface area contributed by atoms with Gasteiger partial charge in [0, 0.05) is 17.1 Å². The third-order valence-corrected chi connectivity index (χ3v) is 9.77. The van der Waals surface area contributed by atoms with Crippen LogP contribution in [-0.4, -0.2) is 88.6 Å². The molecule has 0 aliphatic rings. The van der Waals surface area contributed by atoms with E-state index < -0.39 is 63.7 Å². The molecule has 13 heteroatoms. The summed E-state index contributed by atoms with van der Waals surface area (Å²) in [6, 6.07) is 7.88. The Kier molecular flexibility index (Phi) is 13.0. The Balaban J connectivity index is 2.56. The molecule has 42 heavy (non-hydrogen) atoms. The second kappa shape index (κ2) is 14.9. The number of rotatable bonds is 17. The highest BCUT2D eigenvalue weighted by atomic mass is 28.4. The first-order valence-electron chi connectivity index (χ1n) is 14.7. The number of esters is 1. The highest BCUT2D eigenvalue weighted by Crippen LogP contribution is 2.28. The van der Waals surface area contributed by atoms with E-state index in [2.05, 4.69) is 88.7 Å². The Bertz CT molecular complexity index is 1160. The highest BCUT2D eigenvalue weighted by molar-refractivity contribution is 6.71. The summed E-state index contributed by atoms with van der Waals surface area (Å²) in [6.07, 6.45) is 0.875. The summed E-state index contributed by atoms with van der Waals surface area (Å²) in [4.78, 5) is 21.8. The third kappa shape index (κ3) is 13.4. The minimum absolute atomic E-state index is 0.0914. The fourth-order valence-electron chi connectivity index (χ4n) is 4.40. The summed E-state index contributed by atoms with van der Waals surface area (Å²) < 4.78 is 33.1. The van der Waals surface area contributed by atoms with Gasteiger partial charge in [0.25, 0.3) is 0 Å². The molecule has 0 amide bonds. The topological polar surface area (TPSA) is 101 Å². The second-order valence-electron chi connectivity index (χ2n) is 14.5. The van der Waals surface area contributed by atoms with Gasteiger partial charge in [-0.3, -0.25) is 4.79 Å². The van der Waals surface area contributed by atoms with Crippen molar-refractivity contribution in [2.24, 2.45) is 5.16 Å². The molecule has 9 nitrogen and oxygen atoms in total. The molecule has 0 aliphatic heterocycles. The van der Waals surface area contributed by atoms with Gasteiger partial charge >= 0.3 is 5.97 Å². The van der Waals surface area contributed by atoms with Crippen LogP contribution < -0.4 is 0 Å². The van der Waals surface area contributed by atoms with Gasteiger partial charge in [-0.25, -0.2) is 0 Å². The second-order valence-corrected chi connectivity index (χ2v) is 32.4. The van der Waals surface area contributed by atoms with Gasteiger partial charge in [-0.05, 0) is 90.2 Å². The molecule has 4 atom stereocenters. The number of hydrogen-bond donors (Lipinski definition) is 1. The number of aromatic nitrogens is 1. The van der Waals surface area contributed by atoms with Crippen molar-refractivity contribution in [3.63, 3.8) is 0 Å². The van der Waals surface area contributed by atoms with Crippen LogP contribution in [-0.2, 0) is 38.5 Å². The minimum Gasteiger partial charge on any atom is -0.453 e. The molecule has 0 radical (unpaired) electrons. The first kappa shape index (κ1) is 36.6. The minimum atomic E-state index is -2.21. The van der Waals surface area contributed by atoms with Crippen LogP contribution in [0.15, 0.2) is 35.6 Å². The van der Waals surface area contributed by atoms with Crippen LogP contribution in [0.3, 0.4) is 0 Å². The number of nitrogens with zero attached hydrogens (tertiary/aromatic N) is 1. The highest BCUT2D eigenvalue weighted by Gasteiger charge is 2.44. The molecule has 1 aromatic heterocycles. The van der Waals surface area contributed by atoms with Crippen LogP contribution in [0.1, 0.15) is 5.56 Å². The smallest absolute Gasteiger partial charge is 0.311 e. The van der Waals surface area contributed by atoms with Crippen molar-refractivity contribution in [2.45, 2.75) is 109 Å². The van der Waals surface area contributed by atoms with Crippen molar-refractivity contribution < 1.29 is 32.1 Å². The Morgan fingerprint density at radius 1 is 0.833 bits per heavy atom. The zero-order valence-electron chi connectivity index (χ0n) is 28.0. The fourth-order valence-corrected chi connectivity index (χ4v) is 8.37. The Labute approximate surface area is 257 Å². The number of carbonyl (C=O) groups excluding carboxylic acids is 1. The zero-order chi connectivity index (χ0) is 31.9. The van der Waals surface area contributed by atoms with Crippen LogP contribution in [0, 0.1) is 0 Å². The zero-order valence-corrected chi connectivity index (χ0v) is 32.0. The molecule has 1 aromatic carbocycles. The number of fused-ring (bicyclic) bond motifs is 1. The van der Waals surface area contributed by atoms with Crippen LogP contribution >= 0.6 is 0 Å². The molecule has 2 aromatic rings. The summed E-state index contributed by atoms with van der Waals surface area (Å²) in [5.41, 5.74) is 1.83.